The standard InChI is InChI=1S/C15H21N3O/c1-11(2)12-5-4-6-14(9-12)19-8-7-13-10-15(16)18(3)17-13/h4-6,9-11H,7-8,16H2,1-3H3. The molecule has 2 aromatic rings. The number of benzene rings is 1. The summed E-state index contributed by atoms with van der Waals surface area (Å²) in [5.74, 6) is 2.10. The third-order valence-corrected chi connectivity index (χ3v) is 3.12. The van der Waals surface area contributed by atoms with Crippen LogP contribution in [-0.2, 0) is 13.5 Å². The maximum Gasteiger partial charge on any atom is 0.121 e. The molecule has 0 aliphatic carbocycles. The molecule has 0 bridgehead atoms. The van der Waals surface area contributed by atoms with Crippen molar-refractivity contribution in [2.24, 2.45) is 7.05 Å². The van der Waals surface area contributed by atoms with Crippen LogP contribution in [0, 0.1) is 0 Å². The predicted molar refractivity (Wildman–Crippen MR) is 77.4 cm³/mol. The quantitative estimate of drug-likeness (QED) is 0.898. The normalized spacial score (nSPS) is 10.9. The van der Waals surface area contributed by atoms with E-state index in [0.29, 0.717) is 18.3 Å². The summed E-state index contributed by atoms with van der Waals surface area (Å²) in [5, 5.41) is 4.30. The van der Waals surface area contributed by atoms with Crippen LogP contribution in [-0.4, -0.2) is 16.4 Å². The lowest BCUT2D eigenvalue weighted by atomic mass is 10.0. The van der Waals surface area contributed by atoms with Gasteiger partial charge in [0.15, 0.2) is 0 Å². The van der Waals surface area contributed by atoms with Crippen molar-refractivity contribution in [1.82, 2.24) is 9.78 Å². The molecule has 0 radical (unpaired) electrons. The maximum atomic E-state index is 5.76. The molecule has 0 aliphatic rings. The average Bonchev–Trinajstić information content (AvgIpc) is 2.69. The van der Waals surface area contributed by atoms with E-state index in [2.05, 4.69) is 31.1 Å². The highest BCUT2D eigenvalue weighted by atomic mass is 16.5. The zero-order valence-electron chi connectivity index (χ0n) is 11.8. The molecule has 2 N–H and O–H groups in total. The number of anilines is 1. The minimum absolute atomic E-state index is 0.513. The third-order valence-electron chi connectivity index (χ3n) is 3.12. The predicted octanol–water partition coefficient (Wildman–Crippen LogP) is 2.75. The zero-order chi connectivity index (χ0) is 13.8. The number of aromatic nitrogens is 2. The van der Waals surface area contributed by atoms with Gasteiger partial charge in [0.2, 0.25) is 0 Å². The fourth-order valence-electron chi connectivity index (χ4n) is 1.90. The second-order valence-electron chi connectivity index (χ2n) is 5.01. The average molecular weight is 259 g/mol. The van der Waals surface area contributed by atoms with Crippen LogP contribution in [0.15, 0.2) is 30.3 Å². The van der Waals surface area contributed by atoms with Crippen LogP contribution in [0.5, 0.6) is 5.75 Å². The molecule has 4 nitrogen and oxygen atoms in total. The first-order valence-corrected chi connectivity index (χ1v) is 6.57. The number of nitrogens with two attached hydrogens (primary N) is 1. The molecular formula is C15H21N3O. The summed E-state index contributed by atoms with van der Waals surface area (Å²) in [7, 11) is 1.84. The highest BCUT2D eigenvalue weighted by Crippen LogP contribution is 2.20. The lowest BCUT2D eigenvalue weighted by molar-refractivity contribution is 0.319. The second-order valence-corrected chi connectivity index (χ2v) is 5.01. The Kier molecular flexibility index (Phi) is 4.10. The van der Waals surface area contributed by atoms with Crippen LogP contribution in [0.4, 0.5) is 5.82 Å². The SMILES string of the molecule is CC(C)c1cccc(OCCc2cc(N)n(C)n2)c1. The molecule has 0 amide bonds. The van der Waals surface area contributed by atoms with Crippen molar-refractivity contribution in [3.8, 4) is 5.75 Å². The van der Waals surface area contributed by atoms with Gasteiger partial charge in [-0.05, 0) is 23.6 Å². The number of hydrogen-bond acceptors (Lipinski definition) is 3. The van der Waals surface area contributed by atoms with Crippen LogP contribution in [0.1, 0.15) is 31.0 Å². The van der Waals surface area contributed by atoms with E-state index in [9.17, 15) is 0 Å². The van der Waals surface area contributed by atoms with Gasteiger partial charge in [-0.25, -0.2) is 0 Å². The van der Waals surface area contributed by atoms with Crippen LogP contribution in [0.3, 0.4) is 0 Å². The van der Waals surface area contributed by atoms with Gasteiger partial charge in [0, 0.05) is 19.5 Å². The van der Waals surface area contributed by atoms with Gasteiger partial charge in [-0.3, -0.25) is 4.68 Å². The van der Waals surface area contributed by atoms with Gasteiger partial charge >= 0.3 is 0 Å². The van der Waals surface area contributed by atoms with Gasteiger partial charge < -0.3 is 10.5 Å². The van der Waals surface area contributed by atoms with Gasteiger partial charge in [-0.1, -0.05) is 26.0 Å². The number of nitrogen functional groups attached to an aromatic ring is 1. The Morgan fingerprint density at radius 3 is 2.74 bits per heavy atom. The minimum Gasteiger partial charge on any atom is -0.493 e. The summed E-state index contributed by atoms with van der Waals surface area (Å²) in [4.78, 5) is 0. The Morgan fingerprint density at radius 2 is 2.11 bits per heavy atom. The van der Waals surface area contributed by atoms with E-state index >= 15 is 0 Å². The zero-order valence-corrected chi connectivity index (χ0v) is 11.8. The highest BCUT2D eigenvalue weighted by Gasteiger charge is 2.04. The van der Waals surface area contributed by atoms with Crippen molar-refractivity contribution in [3.05, 3.63) is 41.6 Å². The van der Waals surface area contributed by atoms with Crippen molar-refractivity contribution < 1.29 is 4.74 Å². The molecule has 0 unspecified atom stereocenters. The second kappa shape index (κ2) is 5.78. The van der Waals surface area contributed by atoms with E-state index in [1.165, 1.54) is 5.56 Å². The molecule has 0 spiro atoms. The van der Waals surface area contributed by atoms with Crippen LogP contribution >= 0.6 is 0 Å². The molecule has 1 heterocycles. The van der Waals surface area contributed by atoms with E-state index in [1.807, 2.05) is 25.2 Å². The molecule has 1 aromatic heterocycles. The third kappa shape index (κ3) is 3.50. The molecule has 4 heteroatoms. The number of aryl methyl sites for hydroxylation is 1. The van der Waals surface area contributed by atoms with E-state index in [-0.39, 0.29) is 0 Å². The molecule has 19 heavy (non-hydrogen) atoms. The smallest absolute Gasteiger partial charge is 0.121 e. The van der Waals surface area contributed by atoms with Crippen LogP contribution in [0.2, 0.25) is 0 Å². The molecular weight excluding hydrogens is 238 g/mol. The first-order chi connectivity index (χ1) is 9.06. The van der Waals surface area contributed by atoms with Gasteiger partial charge in [-0.15, -0.1) is 0 Å². The van der Waals surface area contributed by atoms with Gasteiger partial charge in [0.1, 0.15) is 11.6 Å². The van der Waals surface area contributed by atoms with Crippen molar-refractivity contribution in [2.75, 3.05) is 12.3 Å². The molecule has 0 aliphatic heterocycles. The first kappa shape index (κ1) is 13.5. The van der Waals surface area contributed by atoms with E-state index in [4.69, 9.17) is 10.5 Å². The molecule has 0 atom stereocenters. The van der Waals surface area contributed by atoms with Gasteiger partial charge in [-0.2, -0.15) is 5.10 Å². The highest BCUT2D eigenvalue weighted by molar-refractivity contribution is 5.31. The summed E-state index contributed by atoms with van der Waals surface area (Å²) in [5.41, 5.74) is 7.99. The number of nitrogens with zero attached hydrogens (tertiary/aromatic N) is 2. The molecule has 2 rings (SSSR count). The molecule has 1 aromatic carbocycles. The number of ether oxygens (including phenoxy) is 1. The minimum atomic E-state index is 0.513. The Balaban J connectivity index is 1.90. The Morgan fingerprint density at radius 1 is 1.32 bits per heavy atom. The van der Waals surface area contributed by atoms with Crippen molar-refractivity contribution in [1.29, 1.82) is 0 Å². The Labute approximate surface area is 114 Å². The fourth-order valence-corrected chi connectivity index (χ4v) is 1.90. The van der Waals surface area contributed by atoms with Crippen molar-refractivity contribution in [2.45, 2.75) is 26.2 Å². The molecule has 0 saturated carbocycles. The van der Waals surface area contributed by atoms with E-state index in [1.54, 1.807) is 4.68 Å². The summed E-state index contributed by atoms with van der Waals surface area (Å²) in [6.07, 6.45) is 0.761. The van der Waals surface area contributed by atoms with Gasteiger partial charge in [0.05, 0.1) is 12.3 Å². The molecule has 0 saturated heterocycles. The Bertz CT molecular complexity index is 527. The van der Waals surface area contributed by atoms with E-state index in [0.717, 1.165) is 17.9 Å². The Hall–Kier alpha value is -1.97. The summed E-state index contributed by atoms with van der Waals surface area (Å²) in [6.45, 7) is 4.96. The fraction of sp³-hybridized carbons (Fsp3) is 0.400. The van der Waals surface area contributed by atoms with Gasteiger partial charge in [0.25, 0.3) is 0 Å². The largest absolute Gasteiger partial charge is 0.493 e. The van der Waals surface area contributed by atoms with Crippen LogP contribution < -0.4 is 10.5 Å². The number of rotatable bonds is 5. The lowest BCUT2D eigenvalue weighted by Crippen LogP contribution is -2.03. The monoisotopic (exact) mass is 259 g/mol. The lowest BCUT2D eigenvalue weighted by Gasteiger charge is -2.09. The van der Waals surface area contributed by atoms with Crippen molar-refractivity contribution in [3.63, 3.8) is 0 Å². The first-order valence-electron chi connectivity index (χ1n) is 6.57. The summed E-state index contributed by atoms with van der Waals surface area (Å²) in [6, 6.07) is 10.1. The van der Waals surface area contributed by atoms with E-state index < -0.39 is 0 Å². The molecule has 102 valence electrons. The number of hydrogen-bond donors (Lipinski definition) is 1. The summed E-state index contributed by atoms with van der Waals surface area (Å²) >= 11 is 0. The van der Waals surface area contributed by atoms with Crippen LogP contribution in [0.25, 0.3) is 0 Å². The summed E-state index contributed by atoms with van der Waals surface area (Å²) < 4.78 is 7.44. The van der Waals surface area contributed by atoms with Crippen molar-refractivity contribution >= 4 is 5.82 Å². The molecule has 0 fully saturated rings. The maximum absolute atomic E-state index is 5.76. The topological polar surface area (TPSA) is 53.1 Å².